The van der Waals surface area contributed by atoms with E-state index in [1.54, 1.807) is 37.4 Å². The van der Waals surface area contributed by atoms with Crippen molar-refractivity contribution in [2.75, 3.05) is 19.0 Å². The molecule has 34 heavy (non-hydrogen) atoms. The zero-order valence-corrected chi connectivity index (χ0v) is 19.2. The average molecular weight is 462 g/mol. The van der Waals surface area contributed by atoms with Crippen molar-refractivity contribution in [1.82, 2.24) is 5.32 Å². The molecule has 0 saturated heterocycles. The molecule has 1 heterocycles. The fraction of sp³-hybridized carbons (Fsp3) is 0.385. The third kappa shape index (κ3) is 4.10. The molecule has 3 N–H and O–H groups in total. The van der Waals surface area contributed by atoms with E-state index < -0.39 is 11.4 Å². The molecule has 0 bridgehead atoms. The number of rotatable bonds is 7. The van der Waals surface area contributed by atoms with Gasteiger partial charge < -0.3 is 20.5 Å². The SMILES string of the molecule is CNC(=O)c1ccc2c(c1)[C@]1(CCO2)C(C)C1C(=O)Nc1cc(C#N)ccc1CCCC(=O)O. The Kier molecular flexibility index (Phi) is 6.29. The Labute approximate surface area is 197 Å². The van der Waals surface area contributed by atoms with Crippen LogP contribution in [0.4, 0.5) is 5.69 Å². The smallest absolute Gasteiger partial charge is 0.303 e. The third-order valence-electron chi connectivity index (χ3n) is 7.12. The average Bonchev–Trinajstić information content (AvgIpc) is 3.42. The summed E-state index contributed by atoms with van der Waals surface area (Å²) >= 11 is 0. The van der Waals surface area contributed by atoms with Crippen LogP contribution in [0.25, 0.3) is 0 Å². The van der Waals surface area contributed by atoms with E-state index in [0.717, 1.165) is 11.1 Å². The second kappa shape index (κ2) is 9.18. The minimum Gasteiger partial charge on any atom is -0.493 e. The first-order valence-corrected chi connectivity index (χ1v) is 11.4. The van der Waals surface area contributed by atoms with Gasteiger partial charge in [0.1, 0.15) is 5.75 Å². The van der Waals surface area contributed by atoms with Gasteiger partial charge in [-0.2, -0.15) is 5.26 Å². The Morgan fingerprint density at radius 1 is 1.24 bits per heavy atom. The van der Waals surface area contributed by atoms with E-state index in [1.165, 1.54) is 0 Å². The molecule has 1 fully saturated rings. The number of nitriles is 1. The summed E-state index contributed by atoms with van der Waals surface area (Å²) in [5.41, 5.74) is 2.73. The number of benzene rings is 2. The van der Waals surface area contributed by atoms with Gasteiger partial charge in [0.2, 0.25) is 5.91 Å². The summed E-state index contributed by atoms with van der Waals surface area (Å²) in [6.45, 7) is 2.52. The highest BCUT2D eigenvalue weighted by molar-refractivity contribution is 5.98. The van der Waals surface area contributed by atoms with Gasteiger partial charge in [0.25, 0.3) is 5.91 Å². The summed E-state index contributed by atoms with van der Waals surface area (Å²) < 4.78 is 5.83. The summed E-state index contributed by atoms with van der Waals surface area (Å²) in [4.78, 5) is 36.6. The van der Waals surface area contributed by atoms with Crippen LogP contribution in [-0.2, 0) is 21.4 Å². The standard InChI is InChI=1S/C26H27N3O5/c1-15-23(26(15)10-11-34-21-9-8-18(13-19(21)26)24(32)28-2)25(33)29-20-12-16(14-27)6-7-17(20)4-3-5-22(30)31/h6-9,12-13,15,23H,3-5,10-11H2,1-2H3,(H,28,32)(H,29,33)(H,30,31)/t15?,23?,26-/m0/s1. The normalized spacial score (nSPS) is 22.1. The summed E-state index contributed by atoms with van der Waals surface area (Å²) in [5, 5.41) is 23.9. The second-order valence-corrected chi connectivity index (χ2v) is 8.92. The van der Waals surface area contributed by atoms with E-state index in [-0.39, 0.29) is 30.1 Å². The number of carboxylic acids is 1. The number of amides is 2. The molecular formula is C26H27N3O5. The zero-order chi connectivity index (χ0) is 24.5. The van der Waals surface area contributed by atoms with Crippen LogP contribution in [0.1, 0.15) is 53.2 Å². The molecule has 8 heteroatoms. The summed E-state index contributed by atoms with van der Waals surface area (Å²) in [7, 11) is 1.58. The molecule has 2 amide bonds. The van der Waals surface area contributed by atoms with Crippen molar-refractivity contribution in [1.29, 1.82) is 5.26 Å². The van der Waals surface area contributed by atoms with Gasteiger partial charge in [-0.25, -0.2) is 0 Å². The molecule has 1 aliphatic carbocycles. The van der Waals surface area contributed by atoms with Crippen molar-refractivity contribution in [3.05, 3.63) is 58.7 Å². The highest BCUT2D eigenvalue weighted by atomic mass is 16.5. The Hall–Kier alpha value is -3.86. The van der Waals surface area contributed by atoms with Gasteiger partial charge in [0, 0.05) is 35.7 Å². The summed E-state index contributed by atoms with van der Waals surface area (Å²) in [6, 6.07) is 12.5. The molecule has 4 rings (SSSR count). The van der Waals surface area contributed by atoms with Crippen LogP contribution in [0.15, 0.2) is 36.4 Å². The van der Waals surface area contributed by atoms with Gasteiger partial charge >= 0.3 is 5.97 Å². The number of hydrogen-bond donors (Lipinski definition) is 3. The molecule has 1 spiro atoms. The fourth-order valence-electron chi connectivity index (χ4n) is 5.28. The van der Waals surface area contributed by atoms with E-state index >= 15 is 0 Å². The van der Waals surface area contributed by atoms with Crippen LogP contribution in [0.3, 0.4) is 0 Å². The maximum Gasteiger partial charge on any atom is 0.303 e. The maximum atomic E-state index is 13.5. The predicted octanol–water partition coefficient (Wildman–Crippen LogP) is 3.25. The lowest BCUT2D eigenvalue weighted by Gasteiger charge is -2.28. The van der Waals surface area contributed by atoms with E-state index in [4.69, 9.17) is 9.84 Å². The first-order chi connectivity index (χ1) is 16.3. The topological polar surface area (TPSA) is 129 Å². The van der Waals surface area contributed by atoms with Crippen molar-refractivity contribution in [2.24, 2.45) is 11.8 Å². The number of ether oxygens (including phenoxy) is 1. The number of carboxylic acid groups (broad SMARTS) is 1. The molecule has 2 unspecified atom stereocenters. The number of carbonyl (C=O) groups excluding carboxylic acids is 2. The van der Waals surface area contributed by atoms with E-state index in [9.17, 15) is 19.6 Å². The molecule has 2 aromatic rings. The number of hydrogen-bond acceptors (Lipinski definition) is 5. The van der Waals surface area contributed by atoms with Crippen molar-refractivity contribution >= 4 is 23.5 Å². The van der Waals surface area contributed by atoms with Gasteiger partial charge in [0.05, 0.1) is 24.2 Å². The minimum atomic E-state index is -0.873. The van der Waals surface area contributed by atoms with Gasteiger partial charge in [-0.3, -0.25) is 14.4 Å². The van der Waals surface area contributed by atoms with Crippen molar-refractivity contribution in [3.63, 3.8) is 0 Å². The quantitative estimate of drug-likeness (QED) is 0.581. The molecule has 1 aliphatic heterocycles. The fourth-order valence-corrected chi connectivity index (χ4v) is 5.28. The monoisotopic (exact) mass is 461 g/mol. The van der Waals surface area contributed by atoms with E-state index in [0.29, 0.717) is 48.4 Å². The van der Waals surface area contributed by atoms with Crippen LogP contribution in [0.2, 0.25) is 0 Å². The molecule has 8 nitrogen and oxygen atoms in total. The Bertz CT molecular complexity index is 1200. The largest absolute Gasteiger partial charge is 0.493 e. The van der Waals surface area contributed by atoms with E-state index in [2.05, 4.69) is 16.7 Å². The van der Waals surface area contributed by atoms with Crippen LogP contribution in [-0.4, -0.2) is 36.5 Å². The van der Waals surface area contributed by atoms with Gasteiger partial charge in [0.15, 0.2) is 0 Å². The molecule has 2 aromatic carbocycles. The number of aryl methyl sites for hydroxylation is 1. The predicted molar refractivity (Wildman–Crippen MR) is 125 cm³/mol. The zero-order valence-electron chi connectivity index (χ0n) is 19.2. The van der Waals surface area contributed by atoms with Crippen LogP contribution in [0.5, 0.6) is 5.75 Å². The van der Waals surface area contributed by atoms with Crippen LogP contribution < -0.4 is 15.4 Å². The number of anilines is 1. The van der Waals surface area contributed by atoms with Gasteiger partial charge in [-0.05, 0) is 61.1 Å². The first kappa shape index (κ1) is 23.3. The highest BCUT2D eigenvalue weighted by Gasteiger charge is 2.67. The first-order valence-electron chi connectivity index (χ1n) is 11.4. The molecular weight excluding hydrogens is 434 g/mol. The Morgan fingerprint density at radius 3 is 2.74 bits per heavy atom. The van der Waals surface area contributed by atoms with Crippen LogP contribution in [0, 0.1) is 23.2 Å². The van der Waals surface area contributed by atoms with Crippen LogP contribution >= 0.6 is 0 Å². The molecule has 176 valence electrons. The van der Waals surface area contributed by atoms with Gasteiger partial charge in [-0.1, -0.05) is 13.0 Å². The Morgan fingerprint density at radius 2 is 2.03 bits per heavy atom. The number of aliphatic carboxylic acids is 1. The maximum absolute atomic E-state index is 13.5. The lowest BCUT2D eigenvalue weighted by molar-refractivity contribution is -0.137. The minimum absolute atomic E-state index is 0.0284. The van der Waals surface area contributed by atoms with E-state index in [1.807, 2.05) is 13.0 Å². The summed E-state index contributed by atoms with van der Waals surface area (Å²) in [6.07, 6.45) is 1.60. The molecule has 0 aromatic heterocycles. The van der Waals surface area contributed by atoms with Crippen molar-refractivity contribution < 1.29 is 24.2 Å². The number of carbonyl (C=O) groups is 3. The molecule has 2 aliphatic rings. The molecule has 3 atom stereocenters. The summed E-state index contributed by atoms with van der Waals surface area (Å²) in [5.74, 6) is -0.793. The number of nitrogens with zero attached hydrogens (tertiary/aromatic N) is 1. The lowest BCUT2D eigenvalue weighted by Crippen LogP contribution is -2.28. The number of fused-ring (bicyclic) bond motifs is 2. The van der Waals surface area contributed by atoms with Crippen molar-refractivity contribution in [2.45, 2.75) is 38.0 Å². The highest BCUT2D eigenvalue weighted by Crippen LogP contribution is 2.65. The lowest BCUT2D eigenvalue weighted by atomic mass is 9.85. The van der Waals surface area contributed by atoms with Gasteiger partial charge in [-0.15, -0.1) is 0 Å². The third-order valence-corrected chi connectivity index (χ3v) is 7.12. The molecule has 0 radical (unpaired) electrons. The molecule has 1 saturated carbocycles. The Balaban J connectivity index is 1.60. The number of nitrogens with one attached hydrogen (secondary N) is 2. The second-order valence-electron chi connectivity index (χ2n) is 8.92. The van der Waals surface area contributed by atoms with Crippen molar-refractivity contribution in [3.8, 4) is 11.8 Å².